The number of aromatic nitrogens is 4. The van der Waals surface area contributed by atoms with Gasteiger partial charge in [0, 0.05) is 5.75 Å². The molecule has 5 nitrogen and oxygen atoms in total. The van der Waals surface area contributed by atoms with Crippen LogP contribution in [0.3, 0.4) is 0 Å². The van der Waals surface area contributed by atoms with Crippen molar-refractivity contribution < 1.29 is 4.74 Å². The van der Waals surface area contributed by atoms with E-state index in [4.69, 9.17) is 4.74 Å². The number of nitrogens with zero attached hydrogens (tertiary/aromatic N) is 4. The van der Waals surface area contributed by atoms with Gasteiger partial charge in [0.25, 0.3) is 0 Å². The van der Waals surface area contributed by atoms with Crippen LogP contribution in [0.1, 0.15) is 26.3 Å². The molecule has 6 heteroatoms. The zero-order valence-electron chi connectivity index (χ0n) is 11.6. The zero-order valence-corrected chi connectivity index (χ0v) is 12.4. The second-order valence-electron chi connectivity index (χ2n) is 5.18. The molecular weight excluding hydrogens is 260 g/mol. The lowest BCUT2D eigenvalue weighted by molar-refractivity contribution is 0.321. The summed E-state index contributed by atoms with van der Waals surface area (Å²) in [7, 11) is 1.67. The van der Waals surface area contributed by atoms with Crippen molar-refractivity contribution in [2.45, 2.75) is 37.2 Å². The van der Waals surface area contributed by atoms with Gasteiger partial charge in [0.05, 0.1) is 12.6 Å². The van der Waals surface area contributed by atoms with E-state index in [1.54, 1.807) is 18.9 Å². The summed E-state index contributed by atoms with van der Waals surface area (Å²) in [5.74, 6) is 1.68. The minimum absolute atomic E-state index is 0.111. The molecule has 1 aromatic heterocycles. The molecule has 0 aliphatic heterocycles. The average Bonchev–Trinajstić information content (AvgIpc) is 2.85. The van der Waals surface area contributed by atoms with Gasteiger partial charge in [-0.2, -0.15) is 0 Å². The average molecular weight is 278 g/mol. The maximum Gasteiger partial charge on any atom is 0.210 e. The number of hydrogen-bond acceptors (Lipinski definition) is 5. The smallest absolute Gasteiger partial charge is 0.210 e. The molecule has 0 saturated heterocycles. The highest BCUT2D eigenvalue weighted by atomic mass is 32.2. The fourth-order valence-electron chi connectivity index (χ4n) is 1.60. The quantitative estimate of drug-likeness (QED) is 0.805. The normalized spacial score (nSPS) is 11.6. The Morgan fingerprint density at radius 3 is 2.79 bits per heavy atom. The van der Waals surface area contributed by atoms with E-state index < -0.39 is 0 Å². The van der Waals surface area contributed by atoms with Crippen molar-refractivity contribution in [3.05, 3.63) is 29.8 Å². The Kier molecular flexibility index (Phi) is 4.09. The van der Waals surface area contributed by atoms with Gasteiger partial charge in [-0.3, -0.25) is 0 Å². The first-order valence-corrected chi connectivity index (χ1v) is 7.04. The first kappa shape index (κ1) is 13.9. The second-order valence-corrected chi connectivity index (χ2v) is 6.13. The summed E-state index contributed by atoms with van der Waals surface area (Å²) >= 11 is 1.62. The minimum atomic E-state index is -0.111. The van der Waals surface area contributed by atoms with Crippen molar-refractivity contribution in [1.82, 2.24) is 20.2 Å². The molecule has 0 aliphatic carbocycles. The van der Waals surface area contributed by atoms with E-state index in [0.29, 0.717) is 0 Å². The van der Waals surface area contributed by atoms with Gasteiger partial charge in [-0.25, -0.2) is 4.68 Å². The highest BCUT2D eigenvalue weighted by molar-refractivity contribution is 7.98. The fraction of sp³-hybridized carbons (Fsp3) is 0.462. The van der Waals surface area contributed by atoms with Crippen molar-refractivity contribution >= 4 is 11.8 Å². The molecule has 19 heavy (non-hydrogen) atoms. The number of methoxy groups -OCH3 is 1. The Morgan fingerprint density at radius 2 is 2.11 bits per heavy atom. The maximum atomic E-state index is 5.22. The number of thioether (sulfide) groups is 1. The van der Waals surface area contributed by atoms with Gasteiger partial charge in [-0.05, 0) is 48.9 Å². The third kappa shape index (κ3) is 3.47. The summed E-state index contributed by atoms with van der Waals surface area (Å²) in [6.45, 7) is 6.25. The van der Waals surface area contributed by atoms with E-state index in [1.807, 2.05) is 22.9 Å². The fourth-order valence-corrected chi connectivity index (χ4v) is 2.60. The topological polar surface area (TPSA) is 52.8 Å². The molecule has 0 unspecified atom stereocenters. The zero-order chi connectivity index (χ0) is 13.9. The second kappa shape index (κ2) is 5.61. The number of tetrazole rings is 1. The Labute approximate surface area is 117 Å². The minimum Gasteiger partial charge on any atom is -0.497 e. The number of rotatable bonds is 4. The van der Waals surface area contributed by atoms with Crippen molar-refractivity contribution in [2.75, 3.05) is 7.11 Å². The van der Waals surface area contributed by atoms with E-state index in [1.165, 1.54) is 5.56 Å². The standard InChI is InChI=1S/C13H18N4OS/c1-13(2,3)17-12(14-15-16-17)19-9-10-6-5-7-11(8-10)18-4/h5-8H,9H2,1-4H3. The van der Waals surface area contributed by atoms with Crippen LogP contribution < -0.4 is 4.74 Å². The molecule has 2 aromatic rings. The lowest BCUT2D eigenvalue weighted by atomic mass is 10.1. The molecule has 0 fully saturated rings. The van der Waals surface area contributed by atoms with Crippen LogP contribution >= 0.6 is 11.8 Å². The van der Waals surface area contributed by atoms with E-state index in [-0.39, 0.29) is 5.54 Å². The molecule has 0 radical (unpaired) electrons. The van der Waals surface area contributed by atoms with Gasteiger partial charge in [-0.15, -0.1) is 5.10 Å². The predicted octanol–water partition coefficient (Wildman–Crippen LogP) is 2.73. The van der Waals surface area contributed by atoms with Crippen LogP contribution in [0.15, 0.2) is 29.4 Å². The highest BCUT2D eigenvalue weighted by Crippen LogP contribution is 2.25. The van der Waals surface area contributed by atoms with Crippen molar-refractivity contribution in [1.29, 1.82) is 0 Å². The molecule has 2 rings (SSSR count). The third-order valence-electron chi connectivity index (χ3n) is 2.58. The van der Waals surface area contributed by atoms with Gasteiger partial charge >= 0.3 is 0 Å². The van der Waals surface area contributed by atoms with Crippen LogP contribution in [-0.2, 0) is 11.3 Å². The number of benzene rings is 1. The molecule has 0 aliphatic rings. The number of ether oxygens (including phenoxy) is 1. The lowest BCUT2D eigenvalue weighted by Gasteiger charge is -2.19. The predicted molar refractivity (Wildman–Crippen MR) is 75.4 cm³/mol. The molecule has 0 saturated carbocycles. The molecule has 0 bridgehead atoms. The van der Waals surface area contributed by atoms with Crippen LogP contribution in [0.2, 0.25) is 0 Å². The first-order valence-electron chi connectivity index (χ1n) is 6.05. The summed E-state index contributed by atoms with van der Waals surface area (Å²) in [6.07, 6.45) is 0. The van der Waals surface area contributed by atoms with E-state index in [9.17, 15) is 0 Å². The Morgan fingerprint density at radius 1 is 1.32 bits per heavy atom. The Balaban J connectivity index is 2.08. The van der Waals surface area contributed by atoms with E-state index in [2.05, 4.69) is 42.4 Å². The van der Waals surface area contributed by atoms with Crippen LogP contribution in [0, 0.1) is 0 Å². The van der Waals surface area contributed by atoms with Crippen LogP contribution in [0.4, 0.5) is 0 Å². The number of hydrogen-bond donors (Lipinski definition) is 0. The molecule has 0 N–H and O–H groups in total. The lowest BCUT2D eigenvalue weighted by Crippen LogP contribution is -2.24. The molecule has 0 amide bonds. The van der Waals surface area contributed by atoms with Crippen molar-refractivity contribution in [3.8, 4) is 5.75 Å². The maximum absolute atomic E-state index is 5.22. The van der Waals surface area contributed by atoms with E-state index >= 15 is 0 Å². The van der Waals surface area contributed by atoms with Gasteiger partial charge < -0.3 is 4.74 Å². The molecule has 0 atom stereocenters. The van der Waals surface area contributed by atoms with Gasteiger partial charge in [0.1, 0.15) is 5.75 Å². The summed E-state index contributed by atoms with van der Waals surface area (Å²) < 4.78 is 7.06. The molecule has 1 heterocycles. The van der Waals surface area contributed by atoms with Crippen molar-refractivity contribution in [2.24, 2.45) is 0 Å². The molecule has 102 valence electrons. The Hall–Kier alpha value is -1.56. The van der Waals surface area contributed by atoms with Crippen LogP contribution in [0.5, 0.6) is 5.75 Å². The Bertz CT molecular complexity index is 548. The monoisotopic (exact) mass is 278 g/mol. The summed E-state index contributed by atoms with van der Waals surface area (Å²) in [5, 5.41) is 12.7. The molecular formula is C13H18N4OS. The van der Waals surface area contributed by atoms with Gasteiger partial charge in [-0.1, -0.05) is 23.9 Å². The van der Waals surface area contributed by atoms with E-state index in [0.717, 1.165) is 16.7 Å². The molecule has 1 aromatic carbocycles. The summed E-state index contributed by atoms with van der Waals surface area (Å²) in [4.78, 5) is 0. The third-order valence-corrected chi connectivity index (χ3v) is 3.57. The van der Waals surface area contributed by atoms with Crippen LogP contribution in [-0.4, -0.2) is 27.3 Å². The first-order chi connectivity index (χ1) is 9.00. The van der Waals surface area contributed by atoms with Crippen LogP contribution in [0.25, 0.3) is 0 Å². The van der Waals surface area contributed by atoms with Crippen molar-refractivity contribution in [3.63, 3.8) is 0 Å². The summed E-state index contributed by atoms with van der Waals surface area (Å²) in [5.41, 5.74) is 1.08. The van der Waals surface area contributed by atoms with Gasteiger partial charge in [0.2, 0.25) is 5.16 Å². The molecule has 0 spiro atoms. The largest absolute Gasteiger partial charge is 0.497 e. The van der Waals surface area contributed by atoms with Gasteiger partial charge in [0.15, 0.2) is 0 Å². The highest BCUT2D eigenvalue weighted by Gasteiger charge is 2.19. The summed E-state index contributed by atoms with van der Waals surface area (Å²) in [6, 6.07) is 8.02. The SMILES string of the molecule is COc1cccc(CSc2nnnn2C(C)(C)C)c1.